The Labute approximate surface area is 116 Å². The second kappa shape index (κ2) is 5.58. The van der Waals surface area contributed by atoms with Gasteiger partial charge in [0.15, 0.2) is 9.84 Å². The van der Waals surface area contributed by atoms with E-state index in [2.05, 4.69) is 15.6 Å². The number of carbonyl (C=O) groups excluding carboxylic acids is 2. The van der Waals surface area contributed by atoms with Crippen LogP contribution in [0, 0.1) is 6.92 Å². The summed E-state index contributed by atoms with van der Waals surface area (Å²) in [5.74, 6) is -1.51. The lowest BCUT2D eigenvalue weighted by atomic mass is 10.2. The molecule has 2 rings (SSSR count). The van der Waals surface area contributed by atoms with E-state index in [1.807, 2.05) is 6.92 Å². The number of hydrogen-bond acceptors (Lipinski definition) is 5. The van der Waals surface area contributed by atoms with Crippen LogP contribution in [0.4, 0.5) is 5.82 Å². The number of nitrogens with one attached hydrogen (secondary N) is 2. The molecule has 1 fully saturated rings. The van der Waals surface area contributed by atoms with E-state index >= 15 is 0 Å². The van der Waals surface area contributed by atoms with Gasteiger partial charge in [-0.3, -0.25) is 9.59 Å². The van der Waals surface area contributed by atoms with Gasteiger partial charge in [0.1, 0.15) is 5.82 Å². The van der Waals surface area contributed by atoms with Crippen molar-refractivity contribution >= 4 is 27.5 Å². The highest BCUT2D eigenvalue weighted by atomic mass is 32.2. The molecular weight excluding hydrogens is 282 g/mol. The van der Waals surface area contributed by atoms with Crippen LogP contribution < -0.4 is 10.6 Å². The lowest BCUT2D eigenvalue weighted by Crippen LogP contribution is -2.42. The Morgan fingerprint density at radius 2 is 2.05 bits per heavy atom. The zero-order valence-electron chi connectivity index (χ0n) is 10.9. The SMILES string of the molecule is Cc1ccc(NC(=O)C(=O)NC2CCS(=O)(=O)C2)nc1. The molecule has 0 aromatic carbocycles. The zero-order chi connectivity index (χ0) is 14.8. The standard InChI is InChI=1S/C12H15N3O4S/c1-8-2-3-10(13-6-8)15-12(17)11(16)14-9-4-5-20(18,19)7-9/h2-3,6,9H,4-5,7H2,1H3,(H,14,16)(H,13,15,17). The van der Waals surface area contributed by atoms with E-state index in [4.69, 9.17) is 0 Å². The van der Waals surface area contributed by atoms with Crippen molar-refractivity contribution in [2.24, 2.45) is 0 Å². The van der Waals surface area contributed by atoms with Gasteiger partial charge < -0.3 is 10.6 Å². The number of rotatable bonds is 2. The van der Waals surface area contributed by atoms with Crippen molar-refractivity contribution in [3.05, 3.63) is 23.9 Å². The van der Waals surface area contributed by atoms with Gasteiger partial charge in [-0.15, -0.1) is 0 Å². The molecule has 2 amide bonds. The fraction of sp³-hybridized carbons (Fsp3) is 0.417. The first-order chi connectivity index (χ1) is 9.35. The summed E-state index contributed by atoms with van der Waals surface area (Å²) < 4.78 is 22.5. The number of anilines is 1. The fourth-order valence-corrected chi connectivity index (χ4v) is 3.55. The number of aromatic nitrogens is 1. The Kier molecular flexibility index (Phi) is 4.03. The Morgan fingerprint density at radius 3 is 2.60 bits per heavy atom. The van der Waals surface area contributed by atoms with E-state index in [1.165, 1.54) is 0 Å². The van der Waals surface area contributed by atoms with Gasteiger partial charge in [-0.2, -0.15) is 0 Å². The Morgan fingerprint density at radius 1 is 1.30 bits per heavy atom. The molecule has 2 N–H and O–H groups in total. The van der Waals surface area contributed by atoms with Crippen LogP contribution in [0.2, 0.25) is 0 Å². The maximum Gasteiger partial charge on any atom is 0.314 e. The molecule has 1 atom stereocenters. The third-order valence-electron chi connectivity index (χ3n) is 2.93. The molecule has 1 unspecified atom stereocenters. The summed E-state index contributed by atoms with van der Waals surface area (Å²) in [5.41, 5.74) is 0.934. The molecule has 0 saturated carbocycles. The maximum atomic E-state index is 11.6. The van der Waals surface area contributed by atoms with Crippen LogP contribution in [0.3, 0.4) is 0 Å². The van der Waals surface area contributed by atoms with Gasteiger partial charge in [0, 0.05) is 12.2 Å². The van der Waals surface area contributed by atoms with Crippen LogP contribution in [0.15, 0.2) is 18.3 Å². The van der Waals surface area contributed by atoms with E-state index < -0.39 is 27.7 Å². The first kappa shape index (κ1) is 14.4. The molecule has 1 aromatic heterocycles. The highest BCUT2D eigenvalue weighted by Crippen LogP contribution is 2.11. The molecule has 1 aliphatic heterocycles. The molecule has 1 saturated heterocycles. The van der Waals surface area contributed by atoms with E-state index in [-0.39, 0.29) is 17.3 Å². The van der Waals surface area contributed by atoms with Crippen molar-refractivity contribution in [3.63, 3.8) is 0 Å². The average Bonchev–Trinajstić information content (AvgIpc) is 2.71. The fourth-order valence-electron chi connectivity index (χ4n) is 1.87. The van der Waals surface area contributed by atoms with Gasteiger partial charge in [0.2, 0.25) is 0 Å². The lowest BCUT2D eigenvalue weighted by molar-refractivity contribution is -0.136. The summed E-state index contributed by atoms with van der Waals surface area (Å²) in [4.78, 5) is 27.2. The first-order valence-corrected chi connectivity index (χ1v) is 7.93. The van der Waals surface area contributed by atoms with Crippen molar-refractivity contribution in [2.75, 3.05) is 16.8 Å². The monoisotopic (exact) mass is 297 g/mol. The first-order valence-electron chi connectivity index (χ1n) is 6.11. The zero-order valence-corrected chi connectivity index (χ0v) is 11.7. The molecule has 0 radical (unpaired) electrons. The number of nitrogens with zero attached hydrogens (tertiary/aromatic N) is 1. The minimum Gasteiger partial charge on any atom is -0.344 e. The van der Waals surface area contributed by atoms with E-state index in [0.29, 0.717) is 6.42 Å². The largest absolute Gasteiger partial charge is 0.344 e. The Bertz CT molecular complexity index is 625. The van der Waals surface area contributed by atoms with Crippen LogP contribution in [0.25, 0.3) is 0 Å². The van der Waals surface area contributed by atoms with Crippen LogP contribution >= 0.6 is 0 Å². The lowest BCUT2D eigenvalue weighted by Gasteiger charge is -2.10. The summed E-state index contributed by atoms with van der Waals surface area (Å²) in [7, 11) is -3.09. The van der Waals surface area contributed by atoms with Gasteiger partial charge in [-0.25, -0.2) is 13.4 Å². The molecular formula is C12H15N3O4S. The van der Waals surface area contributed by atoms with Crippen molar-refractivity contribution in [3.8, 4) is 0 Å². The summed E-state index contributed by atoms with van der Waals surface area (Å²) in [6, 6.07) is 2.84. The van der Waals surface area contributed by atoms with E-state index in [1.54, 1.807) is 18.3 Å². The summed E-state index contributed by atoms with van der Waals surface area (Å²) in [6.45, 7) is 1.85. The Balaban J connectivity index is 1.89. The Hall–Kier alpha value is -1.96. The van der Waals surface area contributed by atoms with Crippen LogP contribution in [0.1, 0.15) is 12.0 Å². The van der Waals surface area contributed by atoms with Gasteiger partial charge in [0.25, 0.3) is 0 Å². The summed E-state index contributed by atoms with van der Waals surface area (Å²) >= 11 is 0. The minimum absolute atomic E-state index is 0.0408. The highest BCUT2D eigenvalue weighted by Gasteiger charge is 2.30. The van der Waals surface area contributed by atoms with Gasteiger partial charge in [-0.05, 0) is 25.0 Å². The second-order valence-electron chi connectivity index (χ2n) is 4.75. The topological polar surface area (TPSA) is 105 Å². The molecule has 0 spiro atoms. The number of amides is 2. The van der Waals surface area contributed by atoms with Crippen molar-refractivity contribution in [2.45, 2.75) is 19.4 Å². The smallest absolute Gasteiger partial charge is 0.314 e. The quantitative estimate of drug-likeness (QED) is 0.725. The molecule has 0 aliphatic carbocycles. The number of hydrogen-bond donors (Lipinski definition) is 2. The van der Waals surface area contributed by atoms with Crippen molar-refractivity contribution < 1.29 is 18.0 Å². The second-order valence-corrected chi connectivity index (χ2v) is 6.98. The normalized spacial score (nSPS) is 20.4. The molecule has 0 bridgehead atoms. The molecule has 8 heteroatoms. The number of aryl methyl sites for hydroxylation is 1. The minimum atomic E-state index is -3.09. The van der Waals surface area contributed by atoms with Crippen molar-refractivity contribution in [1.82, 2.24) is 10.3 Å². The third-order valence-corrected chi connectivity index (χ3v) is 4.69. The number of sulfone groups is 1. The molecule has 1 aliphatic rings. The predicted molar refractivity (Wildman–Crippen MR) is 72.8 cm³/mol. The van der Waals surface area contributed by atoms with Gasteiger partial charge >= 0.3 is 11.8 Å². The molecule has 1 aromatic rings. The highest BCUT2D eigenvalue weighted by molar-refractivity contribution is 7.91. The van der Waals surface area contributed by atoms with Crippen molar-refractivity contribution in [1.29, 1.82) is 0 Å². The maximum absolute atomic E-state index is 11.6. The summed E-state index contributed by atoms with van der Waals surface area (Å²) in [5, 5.41) is 4.76. The summed E-state index contributed by atoms with van der Waals surface area (Å²) in [6.07, 6.45) is 1.90. The van der Waals surface area contributed by atoms with Gasteiger partial charge in [0.05, 0.1) is 11.5 Å². The van der Waals surface area contributed by atoms with E-state index in [0.717, 1.165) is 5.56 Å². The van der Waals surface area contributed by atoms with Crippen LogP contribution in [-0.2, 0) is 19.4 Å². The number of carbonyl (C=O) groups is 2. The van der Waals surface area contributed by atoms with Gasteiger partial charge in [-0.1, -0.05) is 6.07 Å². The average molecular weight is 297 g/mol. The molecule has 108 valence electrons. The number of pyridine rings is 1. The third kappa shape index (κ3) is 3.77. The molecule has 2 heterocycles. The molecule has 20 heavy (non-hydrogen) atoms. The van der Waals surface area contributed by atoms with Crippen LogP contribution in [0.5, 0.6) is 0 Å². The predicted octanol–water partition coefficient (Wildman–Crippen LogP) is -0.368. The van der Waals surface area contributed by atoms with E-state index in [9.17, 15) is 18.0 Å². The molecule has 7 nitrogen and oxygen atoms in total. The van der Waals surface area contributed by atoms with Crippen LogP contribution in [-0.4, -0.2) is 42.8 Å².